The van der Waals surface area contributed by atoms with E-state index in [0.717, 1.165) is 13.2 Å². The number of methoxy groups -OCH3 is 1. The number of carbonyl (C=O) groups excluding carboxylic acids is 1. The van der Waals surface area contributed by atoms with E-state index in [-0.39, 0.29) is 11.8 Å². The van der Waals surface area contributed by atoms with Gasteiger partial charge in [-0.05, 0) is 0 Å². The number of hydrogen-bond donors (Lipinski definition) is 0. The summed E-state index contributed by atoms with van der Waals surface area (Å²) in [7, 11) is 1.03. The van der Waals surface area contributed by atoms with Crippen molar-refractivity contribution < 1.29 is 19.4 Å². The molecule has 0 aliphatic carbocycles. The zero-order valence-electron chi connectivity index (χ0n) is 8.38. The molecule has 8 nitrogen and oxygen atoms in total. The van der Waals surface area contributed by atoms with Gasteiger partial charge >= 0.3 is 11.4 Å². The van der Waals surface area contributed by atoms with Crippen LogP contribution in [0.5, 0.6) is 5.75 Å². The highest BCUT2D eigenvalue weighted by atomic mass is 35.5. The molecule has 0 N–H and O–H groups in total. The maximum Gasteiger partial charge on any atom is 0.337 e. The summed E-state index contributed by atoms with van der Waals surface area (Å²) >= 11 is 5.59. The van der Waals surface area contributed by atoms with E-state index in [0.29, 0.717) is 0 Å². The average Bonchev–Trinajstić information content (AvgIpc) is 2.27. The molecule has 1 rings (SSSR count). The Morgan fingerprint density at radius 2 is 1.94 bits per heavy atom. The second kappa shape index (κ2) is 4.74. The smallest absolute Gasteiger partial charge is 0.337 e. The van der Waals surface area contributed by atoms with Crippen LogP contribution in [0.15, 0.2) is 6.07 Å². The number of nitro groups is 2. The van der Waals surface area contributed by atoms with Crippen molar-refractivity contribution in [3.05, 3.63) is 36.9 Å². The molecule has 0 aromatic heterocycles. The maximum absolute atomic E-state index is 10.7. The Hall–Kier alpha value is -2.22. The van der Waals surface area contributed by atoms with Gasteiger partial charge in [0.15, 0.2) is 6.29 Å². The lowest BCUT2D eigenvalue weighted by Crippen LogP contribution is -2.02. The molecule has 0 aliphatic rings. The van der Waals surface area contributed by atoms with E-state index in [9.17, 15) is 25.0 Å². The SMILES string of the molecule is COc1c([N+](=O)[O-])cc(C=O)c(Cl)c1[N+](=O)[O-]. The molecule has 0 atom stereocenters. The van der Waals surface area contributed by atoms with Crippen molar-refractivity contribution in [3.8, 4) is 5.75 Å². The Morgan fingerprint density at radius 1 is 1.35 bits per heavy atom. The molecule has 0 saturated heterocycles. The molecule has 0 unspecified atom stereocenters. The maximum atomic E-state index is 10.7. The first-order valence-electron chi connectivity index (χ1n) is 4.08. The lowest BCUT2D eigenvalue weighted by molar-refractivity contribution is -0.395. The third kappa shape index (κ3) is 2.16. The molecule has 0 aliphatic heterocycles. The molecule has 9 heteroatoms. The Kier molecular flexibility index (Phi) is 3.59. The number of nitrogens with zero attached hydrogens (tertiary/aromatic N) is 2. The predicted molar refractivity (Wildman–Crippen MR) is 56.7 cm³/mol. The number of rotatable bonds is 4. The van der Waals surface area contributed by atoms with Gasteiger partial charge in [-0.15, -0.1) is 0 Å². The summed E-state index contributed by atoms with van der Waals surface area (Å²) in [6.45, 7) is 0. The molecule has 0 bridgehead atoms. The summed E-state index contributed by atoms with van der Waals surface area (Å²) in [6, 6.07) is 0.821. The van der Waals surface area contributed by atoms with Crippen molar-refractivity contribution in [2.75, 3.05) is 7.11 Å². The quantitative estimate of drug-likeness (QED) is 0.464. The second-order valence-corrected chi connectivity index (χ2v) is 3.19. The molecule has 90 valence electrons. The first kappa shape index (κ1) is 12.8. The highest BCUT2D eigenvalue weighted by Crippen LogP contribution is 2.43. The summed E-state index contributed by atoms with van der Waals surface area (Å²) in [5.41, 5.74) is -1.83. The fourth-order valence-corrected chi connectivity index (χ4v) is 1.47. The van der Waals surface area contributed by atoms with Crippen molar-refractivity contribution >= 4 is 29.3 Å². The third-order valence-electron chi connectivity index (χ3n) is 1.91. The fourth-order valence-electron chi connectivity index (χ4n) is 1.22. The summed E-state index contributed by atoms with van der Waals surface area (Å²) in [6.07, 6.45) is 0.196. The molecule has 0 fully saturated rings. The Balaban J connectivity index is 3.76. The highest BCUT2D eigenvalue weighted by molar-refractivity contribution is 6.35. The lowest BCUT2D eigenvalue weighted by atomic mass is 10.1. The van der Waals surface area contributed by atoms with Gasteiger partial charge in [0.2, 0.25) is 0 Å². The van der Waals surface area contributed by atoms with Crippen molar-refractivity contribution in [2.45, 2.75) is 0 Å². The normalized spacial score (nSPS) is 9.76. The van der Waals surface area contributed by atoms with Gasteiger partial charge in [-0.1, -0.05) is 11.6 Å². The average molecular weight is 261 g/mol. The third-order valence-corrected chi connectivity index (χ3v) is 2.31. The van der Waals surface area contributed by atoms with E-state index in [1.54, 1.807) is 0 Å². The molecule has 0 saturated carbocycles. The molecule has 17 heavy (non-hydrogen) atoms. The summed E-state index contributed by atoms with van der Waals surface area (Å²) in [4.78, 5) is 30.2. The van der Waals surface area contributed by atoms with Gasteiger partial charge < -0.3 is 4.74 Å². The molecule has 0 spiro atoms. The molecule has 1 aromatic rings. The van der Waals surface area contributed by atoms with Crippen LogP contribution in [0.2, 0.25) is 5.02 Å². The van der Waals surface area contributed by atoms with Crippen molar-refractivity contribution in [2.24, 2.45) is 0 Å². The second-order valence-electron chi connectivity index (χ2n) is 2.81. The Bertz CT molecular complexity index is 515. The predicted octanol–water partition coefficient (Wildman–Crippen LogP) is 1.98. The van der Waals surface area contributed by atoms with E-state index in [1.807, 2.05) is 0 Å². The zero-order valence-corrected chi connectivity index (χ0v) is 9.13. The van der Waals surface area contributed by atoms with Crippen LogP contribution in [0.3, 0.4) is 0 Å². The van der Waals surface area contributed by atoms with Gasteiger partial charge in [-0.2, -0.15) is 0 Å². The molecule has 1 aromatic carbocycles. The van der Waals surface area contributed by atoms with E-state index in [2.05, 4.69) is 4.74 Å². The minimum absolute atomic E-state index is 0.196. The number of benzene rings is 1. The number of ether oxygens (including phenoxy) is 1. The Morgan fingerprint density at radius 3 is 2.29 bits per heavy atom. The highest BCUT2D eigenvalue weighted by Gasteiger charge is 2.32. The molecule has 0 amide bonds. The molecular formula is C8H5ClN2O6. The van der Waals surface area contributed by atoms with Crippen LogP contribution in [0, 0.1) is 20.2 Å². The molecular weight excluding hydrogens is 256 g/mol. The fraction of sp³-hybridized carbons (Fsp3) is 0.125. The van der Waals surface area contributed by atoms with Crippen LogP contribution in [0.1, 0.15) is 10.4 Å². The number of carbonyl (C=O) groups is 1. The van der Waals surface area contributed by atoms with Gasteiger partial charge in [0.1, 0.15) is 5.02 Å². The topological polar surface area (TPSA) is 113 Å². The first-order valence-corrected chi connectivity index (χ1v) is 4.46. The molecule has 0 heterocycles. The minimum atomic E-state index is -0.943. The number of halogens is 1. The van der Waals surface area contributed by atoms with Crippen molar-refractivity contribution in [3.63, 3.8) is 0 Å². The van der Waals surface area contributed by atoms with E-state index in [1.165, 1.54) is 0 Å². The number of nitro benzene ring substituents is 2. The minimum Gasteiger partial charge on any atom is -0.485 e. The van der Waals surface area contributed by atoms with Gasteiger partial charge in [0.25, 0.3) is 5.75 Å². The summed E-state index contributed by atoms with van der Waals surface area (Å²) in [5, 5.41) is 20.9. The first-order chi connectivity index (χ1) is 7.93. The summed E-state index contributed by atoms with van der Waals surface area (Å²) < 4.78 is 4.60. The van der Waals surface area contributed by atoms with Gasteiger partial charge in [-0.3, -0.25) is 25.0 Å². The van der Waals surface area contributed by atoms with Gasteiger partial charge in [0.05, 0.1) is 17.0 Å². The van der Waals surface area contributed by atoms with Gasteiger partial charge in [-0.25, -0.2) is 0 Å². The number of hydrogen-bond acceptors (Lipinski definition) is 6. The van der Waals surface area contributed by atoms with E-state index >= 15 is 0 Å². The Labute approximate surface area is 99.0 Å². The van der Waals surface area contributed by atoms with E-state index < -0.39 is 32.0 Å². The van der Waals surface area contributed by atoms with Crippen LogP contribution in [-0.4, -0.2) is 23.2 Å². The van der Waals surface area contributed by atoms with E-state index in [4.69, 9.17) is 11.6 Å². The van der Waals surface area contributed by atoms with Crippen LogP contribution in [0.25, 0.3) is 0 Å². The largest absolute Gasteiger partial charge is 0.485 e. The number of aldehydes is 1. The van der Waals surface area contributed by atoms with Crippen LogP contribution >= 0.6 is 11.6 Å². The zero-order chi connectivity index (χ0) is 13.2. The standard InChI is InChI=1S/C8H5ClN2O6/c1-17-8-5(10(13)14)2-4(3-12)6(9)7(8)11(15)16/h2-3H,1H3. The van der Waals surface area contributed by atoms with Crippen LogP contribution in [-0.2, 0) is 0 Å². The van der Waals surface area contributed by atoms with Crippen LogP contribution in [0.4, 0.5) is 11.4 Å². The monoisotopic (exact) mass is 260 g/mol. The molecule has 0 radical (unpaired) electrons. The van der Waals surface area contributed by atoms with Crippen molar-refractivity contribution in [1.29, 1.82) is 0 Å². The van der Waals surface area contributed by atoms with Crippen molar-refractivity contribution in [1.82, 2.24) is 0 Å². The van der Waals surface area contributed by atoms with Crippen LogP contribution < -0.4 is 4.74 Å². The summed E-state index contributed by atoms with van der Waals surface area (Å²) in [5.74, 6) is -0.587. The lowest BCUT2D eigenvalue weighted by Gasteiger charge is -2.05. The van der Waals surface area contributed by atoms with Gasteiger partial charge in [0, 0.05) is 11.6 Å².